The van der Waals surface area contributed by atoms with Crippen LogP contribution in [0.4, 0.5) is 24.7 Å². The molecule has 29 heavy (non-hydrogen) atoms. The summed E-state index contributed by atoms with van der Waals surface area (Å²) < 4.78 is 41.5. The third-order valence-corrected chi connectivity index (χ3v) is 4.46. The van der Waals surface area contributed by atoms with Crippen LogP contribution >= 0.6 is 11.6 Å². The molecule has 3 aromatic rings. The average molecular weight is 422 g/mol. The number of nitrogens with zero attached hydrogens (tertiary/aromatic N) is 4. The maximum Gasteiger partial charge on any atom is 0.433 e. The first-order chi connectivity index (χ1) is 13.8. The summed E-state index contributed by atoms with van der Waals surface area (Å²) in [5.74, 6) is 0.311. The van der Waals surface area contributed by atoms with E-state index in [0.717, 1.165) is 7.05 Å². The molecule has 2 heterocycles. The second kappa shape index (κ2) is 8.04. The molecule has 150 valence electrons. The molecule has 2 aromatic heterocycles. The maximum atomic E-state index is 13.4. The van der Waals surface area contributed by atoms with Gasteiger partial charge in [-0.05, 0) is 25.1 Å². The lowest BCUT2D eigenvalue weighted by atomic mass is 10.1. The fraction of sp³-hybridized carbons (Fsp3) is 0.158. The second-order valence-corrected chi connectivity index (χ2v) is 6.27. The van der Waals surface area contributed by atoms with Gasteiger partial charge in [0.15, 0.2) is 17.8 Å². The van der Waals surface area contributed by atoms with Gasteiger partial charge in [0.2, 0.25) is 0 Å². The molecule has 1 aromatic carbocycles. The van der Waals surface area contributed by atoms with Gasteiger partial charge in [-0.1, -0.05) is 17.7 Å². The van der Waals surface area contributed by atoms with E-state index in [9.17, 15) is 18.0 Å². The van der Waals surface area contributed by atoms with E-state index in [1.807, 2.05) is 0 Å². The number of aldehydes is 1. The molecule has 0 unspecified atom stereocenters. The van der Waals surface area contributed by atoms with E-state index in [2.05, 4.69) is 20.3 Å². The molecule has 0 saturated carbocycles. The van der Waals surface area contributed by atoms with E-state index in [1.54, 1.807) is 18.2 Å². The first kappa shape index (κ1) is 20.5. The van der Waals surface area contributed by atoms with Crippen LogP contribution in [0.5, 0.6) is 0 Å². The number of imidazole rings is 1. The van der Waals surface area contributed by atoms with Crippen molar-refractivity contribution in [3.8, 4) is 0 Å². The highest BCUT2D eigenvalue weighted by atomic mass is 35.5. The van der Waals surface area contributed by atoms with Crippen LogP contribution in [0.2, 0.25) is 5.02 Å². The Morgan fingerprint density at radius 2 is 2.07 bits per heavy atom. The molecule has 0 fully saturated rings. The van der Waals surface area contributed by atoms with Crippen LogP contribution < -0.4 is 5.32 Å². The number of halogens is 4. The molecular formula is C19H15ClF3N5O. The molecule has 6 nitrogen and oxygen atoms in total. The Morgan fingerprint density at radius 3 is 2.66 bits per heavy atom. The molecule has 0 radical (unpaired) electrons. The lowest BCUT2D eigenvalue weighted by Gasteiger charge is -2.14. The van der Waals surface area contributed by atoms with Gasteiger partial charge in [-0.25, -0.2) is 9.97 Å². The molecule has 3 rings (SSSR count). The van der Waals surface area contributed by atoms with Crippen molar-refractivity contribution in [2.75, 3.05) is 12.4 Å². The number of allylic oxidation sites excluding steroid dienone is 2. The number of benzene rings is 1. The minimum absolute atomic E-state index is 0.0944. The lowest BCUT2D eigenvalue weighted by molar-refractivity contribution is -0.0572. The maximum absolute atomic E-state index is 13.4. The molecule has 0 spiro atoms. The fourth-order valence-corrected chi connectivity index (χ4v) is 3.07. The lowest BCUT2D eigenvalue weighted by Crippen LogP contribution is -2.24. The van der Waals surface area contributed by atoms with Gasteiger partial charge in [-0.3, -0.25) is 14.2 Å². The molecule has 0 aliphatic heterocycles. The highest BCUT2D eigenvalue weighted by molar-refractivity contribution is 6.33. The summed E-state index contributed by atoms with van der Waals surface area (Å²) in [7, 11) is 1.09. The molecule has 0 aliphatic rings. The van der Waals surface area contributed by atoms with Crippen molar-refractivity contribution >= 4 is 46.3 Å². The molecular weight excluding hydrogens is 407 g/mol. The van der Waals surface area contributed by atoms with Gasteiger partial charge in [-0.15, -0.1) is 0 Å². The largest absolute Gasteiger partial charge is 0.433 e. The number of anilines is 2. The van der Waals surface area contributed by atoms with Crippen LogP contribution in [0.3, 0.4) is 0 Å². The Hall–Kier alpha value is -3.20. The summed E-state index contributed by atoms with van der Waals surface area (Å²) in [5.41, 5.74) is 0.327. The number of alkyl halides is 3. The number of aromatic nitrogens is 3. The first-order valence-electron chi connectivity index (χ1n) is 8.35. The van der Waals surface area contributed by atoms with Crippen molar-refractivity contribution in [3.05, 3.63) is 59.1 Å². The van der Waals surface area contributed by atoms with Crippen molar-refractivity contribution in [1.29, 1.82) is 0 Å². The van der Waals surface area contributed by atoms with E-state index >= 15 is 0 Å². The number of aliphatic imine (C=N–C) groups is 1. The van der Waals surface area contributed by atoms with Gasteiger partial charge in [0.1, 0.15) is 5.71 Å². The molecule has 0 bridgehead atoms. The van der Waals surface area contributed by atoms with Crippen LogP contribution in [-0.2, 0) is 0 Å². The molecule has 10 heteroatoms. The zero-order chi connectivity index (χ0) is 21.2. The second-order valence-electron chi connectivity index (χ2n) is 5.86. The van der Waals surface area contributed by atoms with Crippen molar-refractivity contribution in [2.24, 2.45) is 4.99 Å². The SMILES string of the molecule is C/C=C(\C(=NC)C(F)(F)F)c1cnc2c(Nc3ccc(C=O)c(Cl)c3)nccn12. The van der Waals surface area contributed by atoms with Crippen molar-refractivity contribution in [2.45, 2.75) is 13.1 Å². The topological polar surface area (TPSA) is 71.7 Å². The first-order valence-corrected chi connectivity index (χ1v) is 8.72. The smallest absolute Gasteiger partial charge is 0.337 e. The summed E-state index contributed by atoms with van der Waals surface area (Å²) >= 11 is 6.03. The number of fused-ring (bicyclic) bond motifs is 1. The highest BCUT2D eigenvalue weighted by Gasteiger charge is 2.38. The number of rotatable bonds is 5. The zero-order valence-corrected chi connectivity index (χ0v) is 16.1. The molecule has 0 atom stereocenters. The zero-order valence-electron chi connectivity index (χ0n) is 15.3. The monoisotopic (exact) mass is 421 g/mol. The van der Waals surface area contributed by atoms with Crippen LogP contribution in [0.1, 0.15) is 23.0 Å². The molecule has 0 aliphatic carbocycles. The molecule has 1 N–H and O–H groups in total. The number of carbonyl (C=O) groups is 1. The predicted octanol–water partition coefficient (Wildman–Crippen LogP) is 4.98. The Bertz CT molecular complexity index is 1130. The summed E-state index contributed by atoms with van der Waals surface area (Å²) in [6.45, 7) is 1.50. The van der Waals surface area contributed by atoms with Gasteiger partial charge in [0, 0.05) is 36.3 Å². The van der Waals surface area contributed by atoms with Crippen LogP contribution in [-0.4, -0.2) is 39.6 Å². The number of hydrogen-bond donors (Lipinski definition) is 1. The summed E-state index contributed by atoms with van der Waals surface area (Å²) in [6, 6.07) is 4.72. The normalized spacial score (nSPS) is 13.0. The van der Waals surface area contributed by atoms with Crippen LogP contribution in [0.15, 0.2) is 47.9 Å². The Morgan fingerprint density at radius 1 is 1.31 bits per heavy atom. The Labute approximate surface area is 168 Å². The minimum atomic E-state index is -4.61. The van der Waals surface area contributed by atoms with Crippen LogP contribution in [0.25, 0.3) is 11.2 Å². The Kier molecular flexibility index (Phi) is 5.69. The van der Waals surface area contributed by atoms with Crippen molar-refractivity contribution in [1.82, 2.24) is 14.4 Å². The van der Waals surface area contributed by atoms with Gasteiger partial charge in [0.25, 0.3) is 0 Å². The summed E-state index contributed by atoms with van der Waals surface area (Å²) in [5, 5.41) is 3.27. The van der Waals surface area contributed by atoms with Gasteiger partial charge >= 0.3 is 6.18 Å². The van der Waals surface area contributed by atoms with E-state index in [1.165, 1.54) is 36.0 Å². The standard InChI is InChI=1S/C19H15ClF3N5O/c1-3-13(16(24-2)19(21,22)23)15-9-26-18-17(25-6-7-28(15)18)27-12-5-4-11(10-29)14(20)8-12/h3-10H,1-2H3,(H,25,27)/b13-3-,24-16?. The number of carbonyl (C=O) groups excluding carboxylic acids is 1. The quantitative estimate of drug-likeness (QED) is 0.466. The molecule has 0 saturated heterocycles. The van der Waals surface area contributed by atoms with Crippen LogP contribution in [0, 0.1) is 0 Å². The average Bonchev–Trinajstić information content (AvgIpc) is 3.10. The Balaban J connectivity index is 2.05. The van der Waals surface area contributed by atoms with E-state index < -0.39 is 11.9 Å². The van der Waals surface area contributed by atoms with E-state index in [-0.39, 0.29) is 16.3 Å². The van der Waals surface area contributed by atoms with Gasteiger partial charge in [-0.2, -0.15) is 13.2 Å². The number of hydrogen-bond acceptors (Lipinski definition) is 5. The predicted molar refractivity (Wildman–Crippen MR) is 106 cm³/mol. The fourth-order valence-electron chi connectivity index (χ4n) is 2.85. The van der Waals surface area contributed by atoms with Crippen molar-refractivity contribution in [3.63, 3.8) is 0 Å². The van der Waals surface area contributed by atoms with Crippen molar-refractivity contribution < 1.29 is 18.0 Å². The van der Waals surface area contributed by atoms with E-state index in [0.29, 0.717) is 29.0 Å². The summed E-state index contributed by atoms with van der Waals surface area (Å²) in [6.07, 6.45) is 1.65. The van der Waals surface area contributed by atoms with Gasteiger partial charge in [0.05, 0.1) is 16.9 Å². The van der Waals surface area contributed by atoms with Gasteiger partial charge < -0.3 is 5.32 Å². The third kappa shape index (κ3) is 4.00. The van der Waals surface area contributed by atoms with E-state index in [4.69, 9.17) is 11.6 Å². The molecule has 0 amide bonds. The number of nitrogens with one attached hydrogen (secondary N) is 1. The minimum Gasteiger partial charge on any atom is -0.337 e. The highest BCUT2D eigenvalue weighted by Crippen LogP contribution is 2.30. The summed E-state index contributed by atoms with van der Waals surface area (Å²) in [4.78, 5) is 22.7. The third-order valence-electron chi connectivity index (χ3n) is 4.13.